The van der Waals surface area contributed by atoms with Gasteiger partial charge in [-0.05, 0) is 37.0 Å². The number of hydrogen-bond acceptors (Lipinski definition) is 2. The van der Waals surface area contributed by atoms with Gasteiger partial charge in [-0.3, -0.25) is 0 Å². The third-order valence-electron chi connectivity index (χ3n) is 5.46. The molecule has 21 heavy (non-hydrogen) atoms. The number of rotatable bonds is 3. The number of nitrogens with two attached hydrogens (primary N) is 1. The Morgan fingerprint density at radius 2 is 1.95 bits per heavy atom. The first kappa shape index (κ1) is 13.2. The van der Waals surface area contributed by atoms with Crippen molar-refractivity contribution in [2.45, 2.75) is 38.3 Å². The largest absolute Gasteiger partial charge is 0.327 e. The van der Waals surface area contributed by atoms with Crippen molar-refractivity contribution >= 4 is 11.0 Å². The van der Waals surface area contributed by atoms with Crippen LogP contribution in [-0.4, -0.2) is 15.6 Å². The monoisotopic (exact) mass is 291 g/mol. The number of fused-ring (bicyclic) bond motifs is 2. The second-order valence-corrected chi connectivity index (χ2v) is 6.51. The molecule has 2 aromatic rings. The molecular weight excluding hydrogens is 272 g/mol. The van der Waals surface area contributed by atoms with E-state index in [0.717, 1.165) is 19.3 Å². The maximum absolute atomic E-state index is 13.5. The van der Waals surface area contributed by atoms with Gasteiger partial charge in [0.25, 0.3) is 0 Å². The maximum Gasteiger partial charge on any atom is 0.161 e. The predicted octanol–water partition coefficient (Wildman–Crippen LogP) is 3.25. The lowest BCUT2D eigenvalue weighted by Crippen LogP contribution is -2.24. The van der Waals surface area contributed by atoms with Gasteiger partial charge in [0.15, 0.2) is 11.6 Å². The van der Waals surface area contributed by atoms with Crippen LogP contribution in [0, 0.1) is 29.4 Å². The topological polar surface area (TPSA) is 43.8 Å². The molecule has 2 unspecified atom stereocenters. The highest BCUT2D eigenvalue weighted by Crippen LogP contribution is 2.62. The van der Waals surface area contributed by atoms with Crippen molar-refractivity contribution in [1.29, 1.82) is 0 Å². The van der Waals surface area contributed by atoms with Crippen LogP contribution in [0.1, 0.15) is 32.2 Å². The van der Waals surface area contributed by atoms with Crippen molar-refractivity contribution in [3.63, 3.8) is 0 Å². The van der Waals surface area contributed by atoms with Crippen LogP contribution in [-0.2, 0) is 0 Å². The van der Waals surface area contributed by atoms with Crippen LogP contribution in [0.4, 0.5) is 8.78 Å². The fourth-order valence-corrected chi connectivity index (χ4v) is 4.31. The quantitative estimate of drug-likeness (QED) is 0.943. The van der Waals surface area contributed by atoms with E-state index in [1.54, 1.807) is 6.33 Å². The van der Waals surface area contributed by atoms with Gasteiger partial charge in [-0.1, -0.05) is 6.92 Å². The lowest BCUT2D eigenvalue weighted by Gasteiger charge is -2.19. The van der Waals surface area contributed by atoms with E-state index < -0.39 is 11.6 Å². The number of imidazole rings is 1. The minimum absolute atomic E-state index is 0.312. The zero-order chi connectivity index (χ0) is 14.7. The molecule has 112 valence electrons. The fourth-order valence-electron chi connectivity index (χ4n) is 4.31. The summed E-state index contributed by atoms with van der Waals surface area (Å²) in [4.78, 5) is 4.21. The van der Waals surface area contributed by atoms with E-state index in [0.29, 0.717) is 40.9 Å². The maximum atomic E-state index is 13.5. The Morgan fingerprint density at radius 3 is 2.62 bits per heavy atom. The van der Waals surface area contributed by atoms with Crippen LogP contribution in [0.2, 0.25) is 0 Å². The highest BCUT2D eigenvalue weighted by molar-refractivity contribution is 5.75. The lowest BCUT2D eigenvalue weighted by atomic mass is 10.00. The first-order valence-corrected chi connectivity index (χ1v) is 7.67. The lowest BCUT2D eigenvalue weighted by molar-refractivity contribution is 0.396. The number of benzene rings is 1. The highest BCUT2D eigenvalue weighted by Gasteiger charge is 2.58. The Kier molecular flexibility index (Phi) is 2.83. The van der Waals surface area contributed by atoms with E-state index in [1.807, 2.05) is 4.57 Å². The Bertz CT molecular complexity index is 684. The van der Waals surface area contributed by atoms with Crippen LogP contribution >= 0.6 is 0 Å². The molecule has 0 spiro atoms. The van der Waals surface area contributed by atoms with Crippen molar-refractivity contribution in [2.24, 2.45) is 23.5 Å². The third-order valence-corrected chi connectivity index (χ3v) is 5.46. The van der Waals surface area contributed by atoms with Crippen LogP contribution in [0.3, 0.4) is 0 Å². The summed E-state index contributed by atoms with van der Waals surface area (Å²) in [5, 5.41) is 0. The molecule has 2 fully saturated rings. The van der Waals surface area contributed by atoms with Crippen LogP contribution in [0.15, 0.2) is 18.5 Å². The van der Waals surface area contributed by atoms with Gasteiger partial charge in [-0.2, -0.15) is 0 Å². The van der Waals surface area contributed by atoms with E-state index in [9.17, 15) is 8.78 Å². The van der Waals surface area contributed by atoms with Crippen molar-refractivity contribution < 1.29 is 8.78 Å². The predicted molar refractivity (Wildman–Crippen MR) is 76.7 cm³/mol. The molecular formula is C16H19F2N3. The minimum Gasteiger partial charge on any atom is -0.327 e. The zero-order valence-corrected chi connectivity index (χ0v) is 12.0. The summed E-state index contributed by atoms with van der Waals surface area (Å²) >= 11 is 0. The Hall–Kier alpha value is -1.49. The summed E-state index contributed by atoms with van der Waals surface area (Å²) in [5.74, 6) is 0.421. The molecule has 0 radical (unpaired) electrons. The van der Waals surface area contributed by atoms with E-state index in [1.165, 1.54) is 12.1 Å². The fraction of sp³-hybridized carbons (Fsp3) is 0.562. The van der Waals surface area contributed by atoms with Gasteiger partial charge >= 0.3 is 0 Å². The zero-order valence-electron chi connectivity index (χ0n) is 12.0. The Morgan fingerprint density at radius 1 is 1.29 bits per heavy atom. The first-order valence-electron chi connectivity index (χ1n) is 7.67. The van der Waals surface area contributed by atoms with E-state index in [2.05, 4.69) is 11.9 Å². The van der Waals surface area contributed by atoms with E-state index in [4.69, 9.17) is 5.73 Å². The Balaban J connectivity index is 1.58. The van der Waals surface area contributed by atoms with E-state index >= 15 is 0 Å². The van der Waals surface area contributed by atoms with Gasteiger partial charge in [0.1, 0.15) is 0 Å². The van der Waals surface area contributed by atoms with E-state index in [-0.39, 0.29) is 0 Å². The molecule has 2 saturated carbocycles. The van der Waals surface area contributed by atoms with Gasteiger partial charge < -0.3 is 10.3 Å². The van der Waals surface area contributed by atoms with Crippen LogP contribution in [0.5, 0.6) is 0 Å². The summed E-state index contributed by atoms with van der Waals surface area (Å²) in [7, 11) is 0. The number of aromatic nitrogens is 2. The molecule has 5 atom stereocenters. The SMILES string of the molecule is CC[C@@H](N)C1[C@H]2CC(n3cnc4cc(F)c(F)cc43)C[C@@H]12. The standard InChI is InChI=1S/C16H19F2N3/c1-2-13(19)16-9-3-8(4-10(9)16)21-7-20-14-5-11(17)12(18)6-15(14)21/h5-10,13,16H,2-4,19H2,1H3/t8?,9-,10+,13-,16?/m1/s1. The molecule has 4 rings (SSSR count). The summed E-state index contributed by atoms with van der Waals surface area (Å²) < 4.78 is 28.7. The van der Waals surface area contributed by atoms with Crippen LogP contribution in [0.25, 0.3) is 11.0 Å². The molecule has 0 aliphatic heterocycles. The van der Waals surface area contributed by atoms with Crippen molar-refractivity contribution in [3.05, 3.63) is 30.1 Å². The molecule has 1 aromatic heterocycles. The summed E-state index contributed by atoms with van der Waals surface area (Å²) in [6.45, 7) is 2.14. The molecule has 1 aromatic carbocycles. The normalized spacial score (nSPS) is 32.4. The molecule has 0 saturated heterocycles. The van der Waals surface area contributed by atoms with Crippen LogP contribution < -0.4 is 5.73 Å². The molecule has 1 heterocycles. The molecule has 2 aliphatic rings. The second-order valence-electron chi connectivity index (χ2n) is 6.51. The molecule has 3 nitrogen and oxygen atoms in total. The Labute approximate surface area is 122 Å². The molecule has 0 amide bonds. The summed E-state index contributed by atoms with van der Waals surface area (Å²) in [5.41, 5.74) is 7.36. The van der Waals surface area contributed by atoms with Gasteiger partial charge in [-0.25, -0.2) is 13.8 Å². The number of halogens is 2. The molecule has 5 heteroatoms. The van der Waals surface area contributed by atoms with Gasteiger partial charge in [0.05, 0.1) is 17.4 Å². The van der Waals surface area contributed by atoms with Gasteiger partial charge in [0.2, 0.25) is 0 Å². The average Bonchev–Trinajstić information content (AvgIpc) is 2.83. The minimum atomic E-state index is -0.837. The van der Waals surface area contributed by atoms with Crippen molar-refractivity contribution in [2.75, 3.05) is 0 Å². The van der Waals surface area contributed by atoms with Gasteiger partial charge in [-0.15, -0.1) is 0 Å². The molecule has 2 aliphatic carbocycles. The second kappa shape index (κ2) is 4.50. The molecule has 0 bridgehead atoms. The summed E-state index contributed by atoms with van der Waals surface area (Å²) in [6, 6.07) is 3.09. The first-order chi connectivity index (χ1) is 10.1. The average molecular weight is 291 g/mol. The number of nitrogens with zero attached hydrogens (tertiary/aromatic N) is 2. The highest BCUT2D eigenvalue weighted by atomic mass is 19.2. The van der Waals surface area contributed by atoms with Crippen molar-refractivity contribution in [3.8, 4) is 0 Å². The van der Waals surface area contributed by atoms with Crippen molar-refractivity contribution in [1.82, 2.24) is 9.55 Å². The smallest absolute Gasteiger partial charge is 0.161 e. The number of hydrogen-bond donors (Lipinski definition) is 1. The summed E-state index contributed by atoms with van der Waals surface area (Å²) in [6.07, 6.45) is 4.90. The third kappa shape index (κ3) is 1.90. The van der Waals surface area contributed by atoms with Gasteiger partial charge in [0, 0.05) is 24.2 Å². The molecule has 2 N–H and O–H groups in total.